The van der Waals surface area contributed by atoms with E-state index >= 15 is 0 Å². The molecule has 2 heterocycles. The highest BCUT2D eigenvalue weighted by Gasteiger charge is 2.80. The van der Waals surface area contributed by atoms with Crippen molar-refractivity contribution in [3.63, 3.8) is 0 Å². The number of aliphatic hydroxyl groups excluding tert-OH is 1. The van der Waals surface area contributed by atoms with Gasteiger partial charge in [-0.2, -0.15) is 0 Å². The van der Waals surface area contributed by atoms with Crippen LogP contribution in [0.15, 0.2) is 12.2 Å². The summed E-state index contributed by atoms with van der Waals surface area (Å²) >= 11 is 0. The van der Waals surface area contributed by atoms with Gasteiger partial charge in [0, 0.05) is 0 Å². The summed E-state index contributed by atoms with van der Waals surface area (Å²) < 4.78 is 12.0. The number of fused-ring (bicyclic) bond motifs is 4. The fraction of sp³-hybridized carbons (Fsp3) is 0.857. The van der Waals surface area contributed by atoms with Crippen LogP contribution in [0, 0.1) is 46.3 Å². The third-order valence-corrected chi connectivity index (χ3v) is 12.0. The minimum absolute atomic E-state index is 0.0384. The Morgan fingerprint density at radius 3 is 2.53 bits per heavy atom. The lowest BCUT2D eigenvalue weighted by molar-refractivity contribution is -0.202. The molecule has 2 aliphatic heterocycles. The van der Waals surface area contributed by atoms with Crippen LogP contribution in [0.2, 0.25) is 0 Å². The zero-order valence-electron chi connectivity index (χ0n) is 21.1. The molecule has 13 atom stereocenters. The van der Waals surface area contributed by atoms with Gasteiger partial charge in [-0.25, -0.2) is 0 Å². The van der Waals surface area contributed by atoms with Crippen molar-refractivity contribution in [2.45, 2.75) is 103 Å². The van der Waals surface area contributed by atoms with Crippen LogP contribution >= 0.6 is 0 Å². The lowest BCUT2D eigenvalue weighted by atomic mass is 9.44. The van der Waals surface area contributed by atoms with Crippen molar-refractivity contribution >= 4 is 11.8 Å². The second kappa shape index (κ2) is 6.95. The van der Waals surface area contributed by atoms with Gasteiger partial charge in [-0.05, 0) is 99.5 Å². The third-order valence-electron chi connectivity index (χ3n) is 12.0. The number of ketones is 1. The molecule has 34 heavy (non-hydrogen) atoms. The van der Waals surface area contributed by atoms with E-state index < -0.39 is 28.8 Å². The van der Waals surface area contributed by atoms with Crippen LogP contribution in [-0.2, 0) is 19.1 Å². The standard InChI is InChI=1S/C28H40O6/c1-14-12-22(33-24(31)15(14)2)27(5,32)19-7-6-17-16-13-23-28(34-23)21(30)9-8-20(29)26(28,4)18(16)10-11-25(17,19)3/h8-9,14-19,21-23,30,32H,6-7,10-13H2,1-5H3. The molecule has 0 bridgehead atoms. The topological polar surface area (TPSA) is 96.4 Å². The Bertz CT molecular complexity index is 957. The van der Waals surface area contributed by atoms with Gasteiger partial charge in [-0.3, -0.25) is 9.59 Å². The van der Waals surface area contributed by atoms with E-state index in [1.54, 1.807) is 12.2 Å². The Morgan fingerprint density at radius 2 is 1.82 bits per heavy atom. The van der Waals surface area contributed by atoms with Gasteiger partial charge in [0.2, 0.25) is 0 Å². The molecule has 6 nitrogen and oxygen atoms in total. The predicted octanol–water partition coefficient (Wildman–Crippen LogP) is 3.43. The number of esters is 1. The number of rotatable bonds is 2. The Balaban J connectivity index is 1.30. The van der Waals surface area contributed by atoms with Gasteiger partial charge in [0.05, 0.1) is 17.4 Å². The summed E-state index contributed by atoms with van der Waals surface area (Å²) in [5, 5.41) is 22.8. The molecule has 6 aliphatic rings. The van der Waals surface area contributed by atoms with Crippen molar-refractivity contribution in [3.8, 4) is 0 Å². The van der Waals surface area contributed by atoms with Crippen molar-refractivity contribution in [1.82, 2.24) is 0 Å². The second-order valence-corrected chi connectivity index (χ2v) is 13.2. The monoisotopic (exact) mass is 472 g/mol. The van der Waals surface area contributed by atoms with Crippen LogP contribution in [0.25, 0.3) is 0 Å². The summed E-state index contributed by atoms with van der Waals surface area (Å²) in [7, 11) is 0. The number of aliphatic hydroxyl groups is 2. The number of carbonyl (C=O) groups excluding carboxylic acids is 2. The zero-order valence-corrected chi connectivity index (χ0v) is 21.1. The summed E-state index contributed by atoms with van der Waals surface area (Å²) in [5.41, 5.74) is -2.61. The minimum atomic E-state index is -1.08. The lowest BCUT2D eigenvalue weighted by Gasteiger charge is -2.59. The summed E-state index contributed by atoms with van der Waals surface area (Å²) in [6, 6.07) is 0. The van der Waals surface area contributed by atoms with Crippen molar-refractivity contribution in [3.05, 3.63) is 12.2 Å². The van der Waals surface area contributed by atoms with Gasteiger partial charge in [-0.15, -0.1) is 0 Å². The van der Waals surface area contributed by atoms with Crippen molar-refractivity contribution in [1.29, 1.82) is 0 Å². The second-order valence-electron chi connectivity index (χ2n) is 13.2. The predicted molar refractivity (Wildman–Crippen MR) is 124 cm³/mol. The maximum atomic E-state index is 13.3. The van der Waals surface area contributed by atoms with Crippen LogP contribution in [0.1, 0.15) is 73.1 Å². The normalized spacial score (nSPS) is 57.6. The molecule has 0 aromatic carbocycles. The van der Waals surface area contributed by atoms with Crippen molar-refractivity contribution in [2.24, 2.45) is 46.3 Å². The number of hydrogen-bond donors (Lipinski definition) is 2. The molecule has 4 aliphatic carbocycles. The molecule has 0 amide bonds. The van der Waals surface area contributed by atoms with Crippen molar-refractivity contribution in [2.75, 3.05) is 0 Å². The smallest absolute Gasteiger partial charge is 0.309 e. The van der Waals surface area contributed by atoms with E-state index in [-0.39, 0.29) is 46.9 Å². The molecule has 6 rings (SSSR count). The molecule has 0 radical (unpaired) electrons. The summed E-state index contributed by atoms with van der Waals surface area (Å²) in [5.74, 6) is 0.885. The van der Waals surface area contributed by atoms with E-state index in [1.807, 2.05) is 20.8 Å². The van der Waals surface area contributed by atoms with E-state index in [4.69, 9.17) is 9.47 Å². The molecule has 3 saturated carbocycles. The average Bonchev–Trinajstić information content (AvgIpc) is 3.40. The molecule has 188 valence electrons. The van der Waals surface area contributed by atoms with Crippen molar-refractivity contribution < 1.29 is 29.3 Å². The van der Waals surface area contributed by atoms with E-state index in [0.29, 0.717) is 18.3 Å². The average molecular weight is 473 g/mol. The first-order chi connectivity index (χ1) is 15.9. The Morgan fingerprint density at radius 1 is 1.09 bits per heavy atom. The summed E-state index contributed by atoms with van der Waals surface area (Å²) in [6.45, 7) is 10.2. The molecule has 1 spiro atoms. The molecular formula is C28H40O6. The highest BCUT2D eigenvalue weighted by molar-refractivity contribution is 5.98. The third kappa shape index (κ3) is 2.58. The summed E-state index contributed by atoms with van der Waals surface area (Å²) in [6.07, 6.45) is 7.21. The maximum Gasteiger partial charge on any atom is 0.309 e. The number of epoxide rings is 1. The fourth-order valence-electron chi connectivity index (χ4n) is 9.80. The van der Waals surface area contributed by atoms with Gasteiger partial charge >= 0.3 is 5.97 Å². The van der Waals surface area contributed by atoms with Gasteiger partial charge in [0.1, 0.15) is 23.4 Å². The van der Waals surface area contributed by atoms with Gasteiger partial charge in [0.15, 0.2) is 5.78 Å². The number of ether oxygens (including phenoxy) is 2. The summed E-state index contributed by atoms with van der Waals surface area (Å²) in [4.78, 5) is 25.8. The molecule has 6 heteroatoms. The maximum absolute atomic E-state index is 13.3. The molecule has 0 aromatic heterocycles. The Hall–Kier alpha value is -1.24. The van der Waals surface area contributed by atoms with Crippen LogP contribution in [0.5, 0.6) is 0 Å². The van der Waals surface area contributed by atoms with Gasteiger partial charge in [0.25, 0.3) is 0 Å². The molecule has 13 unspecified atom stereocenters. The fourth-order valence-corrected chi connectivity index (χ4v) is 9.80. The molecular weight excluding hydrogens is 432 g/mol. The first-order valence-electron chi connectivity index (χ1n) is 13.4. The van der Waals surface area contributed by atoms with Crippen LogP contribution in [-0.4, -0.2) is 51.5 Å². The quantitative estimate of drug-likeness (QED) is 0.472. The first-order valence-corrected chi connectivity index (χ1v) is 13.4. The molecule has 5 fully saturated rings. The van der Waals surface area contributed by atoms with E-state index in [0.717, 1.165) is 32.1 Å². The highest BCUT2D eigenvalue weighted by Crippen LogP contribution is 2.73. The Kier molecular flexibility index (Phi) is 4.74. The molecule has 2 N–H and O–H groups in total. The molecule has 2 saturated heterocycles. The van der Waals surface area contributed by atoms with Crippen LogP contribution < -0.4 is 0 Å². The minimum Gasteiger partial charge on any atom is -0.459 e. The van der Waals surface area contributed by atoms with Gasteiger partial charge in [-0.1, -0.05) is 20.8 Å². The Labute approximate surface area is 202 Å². The number of allylic oxidation sites excluding steroid dienone is 1. The first kappa shape index (κ1) is 23.2. The number of hydrogen-bond acceptors (Lipinski definition) is 6. The zero-order chi connectivity index (χ0) is 24.4. The number of carbonyl (C=O) groups is 2. The largest absolute Gasteiger partial charge is 0.459 e. The van der Waals surface area contributed by atoms with E-state index in [1.165, 1.54) is 0 Å². The van der Waals surface area contributed by atoms with Crippen LogP contribution in [0.4, 0.5) is 0 Å². The van der Waals surface area contributed by atoms with Crippen LogP contribution in [0.3, 0.4) is 0 Å². The lowest BCUT2D eigenvalue weighted by Crippen LogP contribution is -2.64. The number of cyclic esters (lactones) is 1. The SMILES string of the molecule is CC1CC(C(C)(O)C2CCC3C4CC5OC56C(O)C=CC(=O)C6(C)C4CCC32C)OC(=O)C1C. The molecule has 0 aromatic rings. The van der Waals surface area contributed by atoms with E-state index in [2.05, 4.69) is 13.8 Å². The van der Waals surface area contributed by atoms with Gasteiger partial charge < -0.3 is 19.7 Å². The highest BCUT2D eigenvalue weighted by atomic mass is 16.6. The van der Waals surface area contributed by atoms with E-state index in [9.17, 15) is 19.8 Å².